The summed E-state index contributed by atoms with van der Waals surface area (Å²) >= 11 is 0. The van der Waals surface area contributed by atoms with Crippen LogP contribution in [0.3, 0.4) is 0 Å². The number of benzene rings is 1. The monoisotopic (exact) mass is 340 g/mol. The summed E-state index contributed by atoms with van der Waals surface area (Å²) < 4.78 is 12.8. The zero-order valence-corrected chi connectivity index (χ0v) is 15.0. The molecule has 3 aromatic rings. The summed E-state index contributed by atoms with van der Waals surface area (Å²) in [5.41, 5.74) is 2.76. The molecule has 0 bridgehead atoms. The van der Waals surface area contributed by atoms with Crippen molar-refractivity contribution in [3.63, 3.8) is 0 Å². The maximum atomic E-state index is 5.79. The van der Waals surface area contributed by atoms with E-state index in [0.29, 0.717) is 12.5 Å². The van der Waals surface area contributed by atoms with Crippen LogP contribution >= 0.6 is 0 Å². The molecule has 0 aliphatic carbocycles. The Morgan fingerprint density at radius 3 is 2.56 bits per heavy atom. The van der Waals surface area contributed by atoms with Gasteiger partial charge in [-0.2, -0.15) is 0 Å². The molecule has 2 aromatic heterocycles. The van der Waals surface area contributed by atoms with Crippen molar-refractivity contribution in [2.45, 2.75) is 12.8 Å². The Balaban J connectivity index is 1.72. The molecule has 2 heterocycles. The van der Waals surface area contributed by atoms with Crippen LogP contribution in [-0.4, -0.2) is 53.9 Å². The lowest BCUT2D eigenvalue weighted by Crippen LogP contribution is -2.14. The van der Waals surface area contributed by atoms with Crippen LogP contribution in [0.25, 0.3) is 16.9 Å². The molecular weight excluding hydrogens is 316 g/mol. The molecule has 6 heteroatoms. The van der Waals surface area contributed by atoms with E-state index in [9.17, 15) is 0 Å². The van der Waals surface area contributed by atoms with E-state index in [2.05, 4.69) is 29.1 Å². The lowest BCUT2D eigenvalue weighted by atomic mass is 10.1. The first kappa shape index (κ1) is 17.2. The molecule has 0 saturated heterocycles. The standard InChI is InChI=1S/C19H24N4O2/c1-22(2)12-4-5-13-25-19-11-10-18-20-14-17(23(18)21-19)15-6-8-16(24-3)9-7-15/h6-11,14H,4-5,12-13H2,1-3H3. The molecule has 0 N–H and O–H groups in total. The Labute approximate surface area is 148 Å². The smallest absolute Gasteiger partial charge is 0.231 e. The molecule has 3 rings (SSSR count). The minimum Gasteiger partial charge on any atom is -0.497 e. The summed E-state index contributed by atoms with van der Waals surface area (Å²) in [5.74, 6) is 1.44. The second-order valence-corrected chi connectivity index (χ2v) is 6.17. The van der Waals surface area contributed by atoms with Crippen LogP contribution in [0.5, 0.6) is 11.6 Å². The van der Waals surface area contributed by atoms with Gasteiger partial charge in [0, 0.05) is 11.6 Å². The summed E-state index contributed by atoms with van der Waals surface area (Å²) in [6.07, 6.45) is 3.94. The molecule has 0 atom stereocenters. The summed E-state index contributed by atoms with van der Waals surface area (Å²) in [4.78, 5) is 6.59. The number of fused-ring (bicyclic) bond motifs is 1. The van der Waals surface area contributed by atoms with Gasteiger partial charge < -0.3 is 14.4 Å². The molecule has 0 unspecified atom stereocenters. The molecule has 0 spiro atoms. The molecule has 25 heavy (non-hydrogen) atoms. The fourth-order valence-electron chi connectivity index (χ4n) is 2.60. The molecule has 6 nitrogen and oxygen atoms in total. The average molecular weight is 340 g/mol. The van der Waals surface area contributed by atoms with Crippen molar-refractivity contribution in [2.75, 3.05) is 34.4 Å². The number of nitrogens with zero attached hydrogens (tertiary/aromatic N) is 4. The first-order chi connectivity index (χ1) is 12.2. The largest absolute Gasteiger partial charge is 0.497 e. The summed E-state index contributed by atoms with van der Waals surface area (Å²) in [6.45, 7) is 1.73. The maximum Gasteiger partial charge on any atom is 0.231 e. The predicted octanol–water partition coefficient (Wildman–Crippen LogP) is 3.13. The normalized spacial score (nSPS) is 11.2. The highest BCUT2D eigenvalue weighted by Crippen LogP contribution is 2.23. The number of ether oxygens (including phenoxy) is 2. The van der Waals surface area contributed by atoms with Crippen LogP contribution in [0, 0.1) is 0 Å². The molecule has 1 aromatic carbocycles. The lowest BCUT2D eigenvalue weighted by molar-refractivity contribution is 0.280. The Bertz CT molecular complexity index is 812. The molecule has 0 amide bonds. The van der Waals surface area contributed by atoms with Gasteiger partial charge in [-0.05, 0) is 63.8 Å². The van der Waals surface area contributed by atoms with E-state index in [1.165, 1.54) is 0 Å². The van der Waals surface area contributed by atoms with Gasteiger partial charge in [0.05, 0.1) is 25.6 Å². The number of aromatic nitrogens is 3. The van der Waals surface area contributed by atoms with E-state index >= 15 is 0 Å². The fourth-order valence-corrected chi connectivity index (χ4v) is 2.60. The number of unbranched alkanes of at least 4 members (excludes halogenated alkanes) is 1. The molecule has 132 valence electrons. The van der Waals surface area contributed by atoms with Gasteiger partial charge in [0.15, 0.2) is 5.65 Å². The second-order valence-electron chi connectivity index (χ2n) is 6.17. The quantitative estimate of drug-likeness (QED) is 0.590. The number of hydrogen-bond donors (Lipinski definition) is 0. The highest BCUT2D eigenvalue weighted by atomic mass is 16.5. The van der Waals surface area contributed by atoms with Gasteiger partial charge in [0.2, 0.25) is 5.88 Å². The Morgan fingerprint density at radius 2 is 1.84 bits per heavy atom. The van der Waals surface area contributed by atoms with Crippen LogP contribution < -0.4 is 9.47 Å². The van der Waals surface area contributed by atoms with Gasteiger partial charge in [-0.15, -0.1) is 5.10 Å². The lowest BCUT2D eigenvalue weighted by Gasteiger charge is -2.10. The minimum atomic E-state index is 0.616. The van der Waals surface area contributed by atoms with Gasteiger partial charge >= 0.3 is 0 Å². The first-order valence-electron chi connectivity index (χ1n) is 8.44. The van der Waals surface area contributed by atoms with Crippen molar-refractivity contribution in [1.82, 2.24) is 19.5 Å². The van der Waals surface area contributed by atoms with E-state index in [-0.39, 0.29) is 0 Å². The third kappa shape index (κ3) is 4.28. The minimum absolute atomic E-state index is 0.616. The van der Waals surface area contributed by atoms with Gasteiger partial charge in [-0.3, -0.25) is 0 Å². The van der Waals surface area contributed by atoms with Crippen molar-refractivity contribution in [2.24, 2.45) is 0 Å². The maximum absolute atomic E-state index is 5.79. The molecule has 0 aliphatic rings. The summed E-state index contributed by atoms with van der Waals surface area (Å²) in [7, 11) is 5.82. The molecule has 0 radical (unpaired) electrons. The van der Waals surface area contributed by atoms with E-state index < -0.39 is 0 Å². The third-order valence-electron chi connectivity index (χ3n) is 3.97. The number of methoxy groups -OCH3 is 1. The van der Waals surface area contributed by atoms with Crippen LogP contribution in [0.15, 0.2) is 42.6 Å². The topological polar surface area (TPSA) is 51.9 Å². The highest BCUT2D eigenvalue weighted by molar-refractivity contribution is 5.63. The zero-order chi connectivity index (χ0) is 17.6. The van der Waals surface area contributed by atoms with E-state index in [1.54, 1.807) is 7.11 Å². The van der Waals surface area contributed by atoms with Gasteiger partial charge in [-0.1, -0.05) is 0 Å². The number of hydrogen-bond acceptors (Lipinski definition) is 5. The van der Waals surface area contributed by atoms with Crippen LogP contribution in [0.2, 0.25) is 0 Å². The number of rotatable bonds is 8. The average Bonchev–Trinajstić information content (AvgIpc) is 3.04. The van der Waals surface area contributed by atoms with Crippen molar-refractivity contribution in [3.05, 3.63) is 42.6 Å². The predicted molar refractivity (Wildman–Crippen MR) is 98.3 cm³/mol. The van der Waals surface area contributed by atoms with E-state index in [0.717, 1.165) is 42.0 Å². The van der Waals surface area contributed by atoms with Crippen molar-refractivity contribution < 1.29 is 9.47 Å². The van der Waals surface area contributed by atoms with Gasteiger partial charge in [0.1, 0.15) is 5.75 Å². The first-order valence-corrected chi connectivity index (χ1v) is 8.44. The SMILES string of the molecule is COc1ccc(-c2cnc3ccc(OCCCCN(C)C)nn23)cc1. The van der Waals surface area contributed by atoms with E-state index in [4.69, 9.17) is 9.47 Å². The molecule has 0 fully saturated rings. The van der Waals surface area contributed by atoms with Gasteiger partial charge in [0.25, 0.3) is 0 Å². The highest BCUT2D eigenvalue weighted by Gasteiger charge is 2.09. The Morgan fingerprint density at radius 1 is 1.04 bits per heavy atom. The molecule has 0 saturated carbocycles. The van der Waals surface area contributed by atoms with Crippen LogP contribution in [0.1, 0.15) is 12.8 Å². The van der Waals surface area contributed by atoms with Crippen molar-refractivity contribution in [1.29, 1.82) is 0 Å². The summed E-state index contributed by atoms with van der Waals surface area (Å²) in [5, 5.41) is 4.58. The third-order valence-corrected chi connectivity index (χ3v) is 3.97. The Hall–Kier alpha value is -2.60. The van der Waals surface area contributed by atoms with E-state index in [1.807, 2.05) is 47.1 Å². The van der Waals surface area contributed by atoms with Gasteiger partial charge in [-0.25, -0.2) is 9.50 Å². The second kappa shape index (κ2) is 7.98. The van der Waals surface area contributed by atoms with Crippen molar-refractivity contribution >= 4 is 5.65 Å². The summed E-state index contributed by atoms with van der Waals surface area (Å²) in [6, 6.07) is 11.7. The number of imidazole rings is 1. The molecular formula is C19H24N4O2. The van der Waals surface area contributed by atoms with Crippen molar-refractivity contribution in [3.8, 4) is 22.9 Å². The fraction of sp³-hybridized carbons (Fsp3) is 0.368. The Kier molecular flexibility index (Phi) is 5.50. The zero-order valence-electron chi connectivity index (χ0n) is 15.0. The van der Waals surface area contributed by atoms with Crippen LogP contribution in [0.4, 0.5) is 0 Å². The molecule has 0 aliphatic heterocycles. The van der Waals surface area contributed by atoms with Crippen LogP contribution in [-0.2, 0) is 0 Å².